The molecule has 1 fully saturated rings. The first kappa shape index (κ1) is 60.3. The van der Waals surface area contributed by atoms with Crippen LogP contribution < -0.4 is 65.9 Å². The van der Waals surface area contributed by atoms with Crippen molar-refractivity contribution in [1.29, 1.82) is 0 Å². The monoisotopic (exact) mass is 1060 g/mol. The number of nitrogens with one attached hydrogen (secondary N) is 7. The number of thiol groups is 2. The summed E-state index contributed by atoms with van der Waals surface area (Å²) in [6, 6.07) is 3.23. The minimum Gasteiger partial charge on any atom is -0.508 e. The largest absolute Gasteiger partial charge is 0.508 e. The Kier molecular flexibility index (Phi) is 25.5. The predicted molar refractivity (Wildman–Crippen MR) is 271 cm³/mol. The number of primary amides is 3. The average molecular weight is 1060 g/mol. The third kappa shape index (κ3) is 20.6. The topological polar surface area (TPSA) is 426 Å². The summed E-state index contributed by atoms with van der Waals surface area (Å²) in [5.74, 6) is -10.1. The van der Waals surface area contributed by atoms with Crippen molar-refractivity contribution in [3.8, 4) is 5.75 Å². The van der Waals surface area contributed by atoms with Gasteiger partial charge in [0.25, 0.3) is 0 Å². The Balaban J connectivity index is 1.86. The summed E-state index contributed by atoms with van der Waals surface area (Å²) in [6.07, 6.45) is -0.338. The molecule has 2 aromatic rings. The molecule has 3 rings (SSSR count). The van der Waals surface area contributed by atoms with Gasteiger partial charge in [-0.05, 0) is 68.3 Å². The van der Waals surface area contributed by atoms with E-state index >= 15 is 0 Å². The summed E-state index contributed by atoms with van der Waals surface area (Å²) in [4.78, 5) is 147. The van der Waals surface area contributed by atoms with Crippen LogP contribution >= 0.6 is 25.3 Å². The molecular formula is C46H67N13O12S2. The fourth-order valence-corrected chi connectivity index (χ4v) is 7.98. The number of hydrogen-bond acceptors (Lipinski definition) is 16. The zero-order valence-electron chi connectivity index (χ0n) is 40.1. The number of carbonyl (C=O) groups excluding carboxylic acids is 11. The van der Waals surface area contributed by atoms with E-state index in [1.54, 1.807) is 30.3 Å². The lowest BCUT2D eigenvalue weighted by Gasteiger charge is -2.30. The van der Waals surface area contributed by atoms with Gasteiger partial charge >= 0.3 is 0 Å². The van der Waals surface area contributed by atoms with E-state index in [2.05, 4.69) is 62.5 Å². The second-order valence-electron chi connectivity index (χ2n) is 17.2. The molecular weight excluding hydrogens is 991 g/mol. The Morgan fingerprint density at radius 2 is 1.14 bits per heavy atom. The van der Waals surface area contributed by atoms with Crippen molar-refractivity contribution < 1.29 is 57.8 Å². The zero-order valence-corrected chi connectivity index (χ0v) is 41.9. The number of nitrogens with zero attached hydrogens (tertiary/aromatic N) is 1. The summed E-state index contributed by atoms with van der Waals surface area (Å²) < 4.78 is 0. The first-order chi connectivity index (χ1) is 34.7. The molecule has 25 nitrogen and oxygen atoms in total. The van der Waals surface area contributed by atoms with Gasteiger partial charge in [0.2, 0.25) is 65.0 Å². The van der Waals surface area contributed by atoms with E-state index < -0.39 is 139 Å². The smallest absolute Gasteiger partial charge is 0.246 e. The summed E-state index contributed by atoms with van der Waals surface area (Å²) in [7, 11) is 0. The Bertz CT molecular complexity index is 2260. The molecule has 11 amide bonds. The van der Waals surface area contributed by atoms with Gasteiger partial charge in [0.1, 0.15) is 48.0 Å². The fourth-order valence-electron chi connectivity index (χ4n) is 7.57. The van der Waals surface area contributed by atoms with E-state index in [0.29, 0.717) is 36.9 Å². The lowest BCUT2D eigenvalue weighted by molar-refractivity contribution is -0.142. The van der Waals surface area contributed by atoms with Crippen molar-refractivity contribution in [2.45, 2.75) is 113 Å². The van der Waals surface area contributed by atoms with Crippen molar-refractivity contribution in [1.82, 2.24) is 42.1 Å². The number of unbranched alkanes of at least 4 members (excludes halogenated alkanes) is 1. The van der Waals surface area contributed by atoms with E-state index in [0.717, 1.165) is 0 Å². The first-order valence-corrected chi connectivity index (χ1v) is 24.7. The van der Waals surface area contributed by atoms with Gasteiger partial charge < -0.3 is 75.9 Å². The highest BCUT2D eigenvalue weighted by atomic mass is 32.1. The van der Waals surface area contributed by atoms with Crippen LogP contribution in [0, 0.1) is 0 Å². The van der Waals surface area contributed by atoms with Crippen molar-refractivity contribution >= 4 is 90.2 Å². The van der Waals surface area contributed by atoms with Crippen molar-refractivity contribution in [3.05, 3.63) is 65.7 Å². The van der Waals surface area contributed by atoms with Gasteiger partial charge in [-0.2, -0.15) is 25.3 Å². The highest BCUT2D eigenvalue weighted by molar-refractivity contribution is 7.80. The maximum Gasteiger partial charge on any atom is 0.246 e. The fraction of sp³-hybridized carbons (Fsp3) is 0.500. The lowest BCUT2D eigenvalue weighted by atomic mass is 10.0. The van der Waals surface area contributed by atoms with E-state index in [4.69, 9.17) is 28.7 Å². The van der Waals surface area contributed by atoms with Crippen LogP contribution in [-0.4, -0.2) is 154 Å². The van der Waals surface area contributed by atoms with Crippen molar-refractivity contribution in [2.24, 2.45) is 28.7 Å². The second kappa shape index (κ2) is 30.8. The van der Waals surface area contributed by atoms with Crippen LogP contribution in [0.2, 0.25) is 0 Å². The maximum atomic E-state index is 14.3. The number of benzene rings is 2. The van der Waals surface area contributed by atoms with Crippen LogP contribution in [0.3, 0.4) is 0 Å². The molecule has 1 aliphatic rings. The molecule has 73 heavy (non-hydrogen) atoms. The third-order valence-corrected chi connectivity index (χ3v) is 12.2. The summed E-state index contributed by atoms with van der Waals surface area (Å²) in [6.45, 7) is -0.0898. The van der Waals surface area contributed by atoms with Crippen molar-refractivity contribution in [3.63, 3.8) is 0 Å². The van der Waals surface area contributed by atoms with Crippen LogP contribution in [0.5, 0.6) is 5.75 Å². The van der Waals surface area contributed by atoms with E-state index in [1.165, 1.54) is 29.2 Å². The van der Waals surface area contributed by atoms with Gasteiger partial charge in [-0.25, -0.2) is 0 Å². The van der Waals surface area contributed by atoms with Gasteiger partial charge in [0.05, 0.1) is 19.0 Å². The average Bonchev–Trinajstić information content (AvgIpc) is 3.86. The molecule has 1 saturated heterocycles. The highest BCUT2D eigenvalue weighted by Crippen LogP contribution is 2.20. The van der Waals surface area contributed by atoms with Crippen LogP contribution in [0.25, 0.3) is 0 Å². The summed E-state index contributed by atoms with van der Waals surface area (Å²) in [5, 5.41) is 27.3. The molecule has 400 valence electrons. The predicted octanol–water partition coefficient (Wildman–Crippen LogP) is -4.86. The highest BCUT2D eigenvalue weighted by Gasteiger charge is 2.40. The molecule has 18 N–H and O–H groups in total. The van der Waals surface area contributed by atoms with Crippen molar-refractivity contribution in [2.75, 3.05) is 31.1 Å². The number of amides is 11. The van der Waals surface area contributed by atoms with Crippen LogP contribution in [0.4, 0.5) is 0 Å². The third-order valence-electron chi connectivity index (χ3n) is 11.5. The molecule has 2 aromatic carbocycles. The molecule has 1 aliphatic heterocycles. The van der Waals surface area contributed by atoms with Crippen LogP contribution in [-0.2, 0) is 65.6 Å². The van der Waals surface area contributed by atoms with Gasteiger partial charge in [0, 0.05) is 37.3 Å². The number of likely N-dealkylation sites (tertiary alicyclic amines) is 1. The zero-order chi connectivity index (χ0) is 54.2. The molecule has 8 atom stereocenters. The van der Waals surface area contributed by atoms with Gasteiger partial charge in [-0.1, -0.05) is 42.5 Å². The molecule has 0 spiro atoms. The number of carbonyl (C=O) groups is 11. The first-order valence-electron chi connectivity index (χ1n) is 23.4. The number of phenolic OH excluding ortho intramolecular Hbond substituents is 1. The minimum absolute atomic E-state index is 0.0523. The Hall–Kier alpha value is -6.97. The molecule has 0 aliphatic carbocycles. The van der Waals surface area contributed by atoms with E-state index in [1.807, 2.05) is 0 Å². The number of hydrogen-bond donors (Lipinski definition) is 15. The molecule has 1 heterocycles. The molecule has 0 saturated carbocycles. The molecule has 8 unspecified atom stereocenters. The van der Waals surface area contributed by atoms with E-state index in [9.17, 15) is 57.8 Å². The number of aromatic hydroxyl groups is 1. The molecule has 0 radical (unpaired) electrons. The molecule has 27 heteroatoms. The number of nitrogens with two attached hydrogens (primary N) is 5. The molecule has 0 bridgehead atoms. The van der Waals surface area contributed by atoms with Gasteiger partial charge in [0.15, 0.2) is 0 Å². The Morgan fingerprint density at radius 3 is 1.70 bits per heavy atom. The lowest BCUT2D eigenvalue weighted by Crippen LogP contribution is -2.61. The van der Waals surface area contributed by atoms with Crippen LogP contribution in [0.15, 0.2) is 54.6 Å². The standard InChI is InChI=1S/C46H67N13O12S2/c47-17-5-4-9-29(40(65)52-22-38(51)63)54-45(70)35-10-6-18-59(35)46(71)34(24-73)58-44(69)33(21-37(50)62)57-41(66)30(15-16-36(49)61)53-42(67)32(19-25-7-2-1-3-8-25)56-43(68)31(55-39(64)28(48)23-72)20-26-11-13-27(60)14-12-26/h1-3,7-8,11-14,28-35,60,72-73H,4-6,9-10,15-24,47-48H2,(H2,49,61)(H2,50,62)(H2,51,63)(H,52,65)(H,53,67)(H,54,70)(H,55,64)(H,56,68)(H,57,66)(H,58,69). The summed E-state index contributed by atoms with van der Waals surface area (Å²) in [5.41, 5.74) is 28.6. The van der Waals surface area contributed by atoms with Gasteiger partial charge in [-0.3, -0.25) is 52.7 Å². The Labute approximate surface area is 432 Å². The van der Waals surface area contributed by atoms with E-state index in [-0.39, 0.29) is 49.5 Å². The number of phenols is 1. The maximum absolute atomic E-state index is 14.3. The second-order valence-corrected chi connectivity index (χ2v) is 18.0. The SMILES string of the molecule is NCCCCC(NC(=O)C1CCCN1C(=O)C(CS)NC(=O)C(CC(N)=O)NC(=O)C(CCC(N)=O)NC(=O)C(Cc1ccccc1)NC(=O)C(Cc1ccc(O)cc1)NC(=O)C(N)CS)C(=O)NCC(N)=O. The van der Waals surface area contributed by atoms with Gasteiger partial charge in [-0.15, -0.1) is 0 Å². The summed E-state index contributed by atoms with van der Waals surface area (Å²) >= 11 is 8.31. The molecule has 0 aromatic heterocycles. The Morgan fingerprint density at radius 1 is 0.603 bits per heavy atom. The quantitative estimate of drug-likeness (QED) is 0.0249. The van der Waals surface area contributed by atoms with Crippen LogP contribution in [0.1, 0.15) is 62.5 Å². The normalized spacial score (nSPS) is 15.9. The number of rotatable bonds is 31. The minimum atomic E-state index is -1.79.